The van der Waals surface area contributed by atoms with Crippen molar-refractivity contribution in [3.63, 3.8) is 0 Å². The van der Waals surface area contributed by atoms with Crippen LogP contribution in [0.15, 0.2) is 0 Å². The maximum absolute atomic E-state index is 5.65. The van der Waals surface area contributed by atoms with Gasteiger partial charge in [-0.1, -0.05) is 0 Å². The summed E-state index contributed by atoms with van der Waals surface area (Å²) in [5, 5.41) is 4.16. The Hall–Kier alpha value is -1.01. The van der Waals surface area contributed by atoms with Gasteiger partial charge in [0, 0.05) is 19.8 Å². The Morgan fingerprint density at radius 2 is 2.35 bits per heavy atom. The van der Waals surface area contributed by atoms with E-state index in [4.69, 9.17) is 15.2 Å². The van der Waals surface area contributed by atoms with Gasteiger partial charge in [0.05, 0.1) is 7.11 Å². The van der Waals surface area contributed by atoms with E-state index in [0.29, 0.717) is 11.6 Å². The first kappa shape index (κ1) is 12.4. The minimum atomic E-state index is 0.449. The molecule has 1 aliphatic rings. The van der Waals surface area contributed by atoms with Crippen molar-refractivity contribution in [2.45, 2.75) is 19.3 Å². The van der Waals surface area contributed by atoms with Crippen LogP contribution in [0.3, 0.4) is 0 Å². The SMILES string of the molecule is COc1c(N)nsc1NCCCOCC1CC1. The molecule has 0 bridgehead atoms. The highest BCUT2D eigenvalue weighted by atomic mass is 32.1. The van der Waals surface area contributed by atoms with Gasteiger partial charge in [0.1, 0.15) is 0 Å². The van der Waals surface area contributed by atoms with Gasteiger partial charge in [0.2, 0.25) is 0 Å². The zero-order valence-electron chi connectivity index (χ0n) is 10.1. The number of methoxy groups -OCH3 is 1. The monoisotopic (exact) mass is 257 g/mol. The third-order valence-corrected chi connectivity index (χ3v) is 3.48. The lowest BCUT2D eigenvalue weighted by atomic mass is 10.4. The van der Waals surface area contributed by atoms with Crippen LogP contribution in [-0.2, 0) is 4.74 Å². The van der Waals surface area contributed by atoms with Crippen LogP contribution in [0.1, 0.15) is 19.3 Å². The lowest BCUT2D eigenvalue weighted by Gasteiger charge is -2.06. The third kappa shape index (κ3) is 3.74. The summed E-state index contributed by atoms with van der Waals surface area (Å²) < 4.78 is 14.7. The van der Waals surface area contributed by atoms with Gasteiger partial charge >= 0.3 is 0 Å². The first-order valence-corrected chi connectivity index (χ1v) is 6.69. The Morgan fingerprint density at radius 3 is 3.06 bits per heavy atom. The molecule has 1 aromatic heterocycles. The highest BCUT2D eigenvalue weighted by Crippen LogP contribution is 2.34. The predicted octanol–water partition coefficient (Wildman–Crippen LogP) is 1.96. The molecule has 96 valence electrons. The summed E-state index contributed by atoms with van der Waals surface area (Å²) in [6.07, 6.45) is 3.67. The van der Waals surface area contributed by atoms with Gasteiger partial charge < -0.3 is 20.5 Å². The number of hydrogen-bond donors (Lipinski definition) is 2. The van der Waals surface area contributed by atoms with Crippen molar-refractivity contribution in [3.05, 3.63) is 0 Å². The van der Waals surface area contributed by atoms with Gasteiger partial charge in [-0.25, -0.2) is 0 Å². The number of ether oxygens (including phenoxy) is 2. The number of nitrogens with zero attached hydrogens (tertiary/aromatic N) is 1. The number of anilines is 2. The molecular weight excluding hydrogens is 238 g/mol. The van der Waals surface area contributed by atoms with E-state index in [1.54, 1.807) is 7.11 Å². The van der Waals surface area contributed by atoms with Gasteiger partial charge in [-0.2, -0.15) is 4.37 Å². The highest BCUT2D eigenvalue weighted by molar-refractivity contribution is 7.11. The fourth-order valence-corrected chi connectivity index (χ4v) is 2.22. The van der Waals surface area contributed by atoms with Crippen LogP contribution in [-0.4, -0.2) is 31.2 Å². The average molecular weight is 257 g/mol. The number of hydrogen-bond acceptors (Lipinski definition) is 6. The van der Waals surface area contributed by atoms with Crippen LogP contribution in [0.4, 0.5) is 10.8 Å². The maximum atomic E-state index is 5.65. The van der Waals surface area contributed by atoms with Gasteiger partial charge in [0.15, 0.2) is 16.6 Å². The molecule has 1 aliphatic carbocycles. The van der Waals surface area contributed by atoms with Gasteiger partial charge in [-0.3, -0.25) is 0 Å². The van der Waals surface area contributed by atoms with E-state index < -0.39 is 0 Å². The Morgan fingerprint density at radius 1 is 1.53 bits per heavy atom. The molecule has 3 N–H and O–H groups in total. The van der Waals surface area contributed by atoms with E-state index in [0.717, 1.165) is 37.1 Å². The Kier molecular flexibility index (Phi) is 4.44. The predicted molar refractivity (Wildman–Crippen MR) is 69.7 cm³/mol. The molecule has 6 heteroatoms. The third-order valence-electron chi connectivity index (χ3n) is 2.68. The molecule has 1 saturated carbocycles. The normalized spacial score (nSPS) is 14.9. The molecule has 1 heterocycles. The summed E-state index contributed by atoms with van der Waals surface area (Å²) in [7, 11) is 1.60. The van der Waals surface area contributed by atoms with Crippen molar-refractivity contribution in [1.29, 1.82) is 0 Å². The second-order valence-electron chi connectivity index (χ2n) is 4.23. The molecule has 0 unspecified atom stereocenters. The Balaban J connectivity index is 1.59. The van der Waals surface area contributed by atoms with Crippen LogP contribution >= 0.6 is 11.5 Å². The molecule has 1 aromatic rings. The molecule has 5 nitrogen and oxygen atoms in total. The van der Waals surface area contributed by atoms with Crippen molar-refractivity contribution in [1.82, 2.24) is 4.37 Å². The molecule has 2 rings (SSSR count). The summed E-state index contributed by atoms with van der Waals surface area (Å²) >= 11 is 1.33. The lowest BCUT2D eigenvalue weighted by molar-refractivity contribution is 0.124. The van der Waals surface area contributed by atoms with Crippen molar-refractivity contribution < 1.29 is 9.47 Å². The number of aromatic nitrogens is 1. The first-order valence-electron chi connectivity index (χ1n) is 5.92. The summed E-state index contributed by atoms with van der Waals surface area (Å²) in [6.45, 7) is 2.58. The topological polar surface area (TPSA) is 69.4 Å². The second kappa shape index (κ2) is 6.07. The van der Waals surface area contributed by atoms with E-state index in [1.165, 1.54) is 24.4 Å². The minimum absolute atomic E-state index is 0.449. The van der Waals surface area contributed by atoms with E-state index in [-0.39, 0.29) is 0 Å². The van der Waals surface area contributed by atoms with Crippen LogP contribution in [0.2, 0.25) is 0 Å². The summed E-state index contributed by atoms with van der Waals surface area (Å²) in [5.74, 6) is 1.93. The van der Waals surface area contributed by atoms with Crippen LogP contribution in [0.5, 0.6) is 5.75 Å². The zero-order valence-corrected chi connectivity index (χ0v) is 10.9. The molecular formula is C11H19N3O2S. The van der Waals surface area contributed by atoms with E-state index in [2.05, 4.69) is 9.69 Å². The van der Waals surface area contributed by atoms with E-state index >= 15 is 0 Å². The Labute approximate surface area is 105 Å². The summed E-state index contributed by atoms with van der Waals surface area (Å²) in [6, 6.07) is 0. The summed E-state index contributed by atoms with van der Waals surface area (Å²) in [4.78, 5) is 0. The van der Waals surface area contributed by atoms with Crippen molar-refractivity contribution in [3.8, 4) is 5.75 Å². The number of rotatable bonds is 8. The van der Waals surface area contributed by atoms with Crippen LogP contribution < -0.4 is 15.8 Å². The van der Waals surface area contributed by atoms with Crippen molar-refractivity contribution >= 4 is 22.4 Å². The Bertz CT molecular complexity index is 352. The van der Waals surface area contributed by atoms with Crippen molar-refractivity contribution in [2.75, 3.05) is 37.9 Å². The molecule has 17 heavy (non-hydrogen) atoms. The molecule has 0 amide bonds. The summed E-state index contributed by atoms with van der Waals surface area (Å²) in [5.41, 5.74) is 5.65. The fourth-order valence-electron chi connectivity index (χ4n) is 1.51. The van der Waals surface area contributed by atoms with Gasteiger partial charge in [-0.05, 0) is 36.7 Å². The van der Waals surface area contributed by atoms with E-state index in [9.17, 15) is 0 Å². The number of nitrogens with one attached hydrogen (secondary N) is 1. The second-order valence-corrected chi connectivity index (χ2v) is 5.00. The van der Waals surface area contributed by atoms with Gasteiger partial charge in [0.25, 0.3) is 0 Å². The number of nitrogens with two attached hydrogens (primary N) is 1. The van der Waals surface area contributed by atoms with Gasteiger partial charge in [-0.15, -0.1) is 0 Å². The molecule has 0 aliphatic heterocycles. The van der Waals surface area contributed by atoms with Crippen LogP contribution in [0.25, 0.3) is 0 Å². The van der Waals surface area contributed by atoms with E-state index in [1.807, 2.05) is 0 Å². The highest BCUT2D eigenvalue weighted by Gasteiger charge is 2.20. The van der Waals surface area contributed by atoms with Crippen molar-refractivity contribution in [2.24, 2.45) is 5.92 Å². The molecule has 0 spiro atoms. The largest absolute Gasteiger partial charge is 0.490 e. The first-order chi connectivity index (χ1) is 8.31. The standard InChI is InChI=1S/C11H19N3O2S/c1-15-9-10(12)14-17-11(9)13-5-2-6-16-7-8-3-4-8/h8,13H,2-7H2,1H3,(H2,12,14). The van der Waals surface area contributed by atoms with Crippen LogP contribution in [0, 0.1) is 5.92 Å². The number of nitrogen functional groups attached to an aromatic ring is 1. The average Bonchev–Trinajstić information content (AvgIpc) is 3.08. The molecule has 0 radical (unpaired) electrons. The smallest absolute Gasteiger partial charge is 0.197 e. The zero-order chi connectivity index (χ0) is 12.1. The maximum Gasteiger partial charge on any atom is 0.197 e. The molecule has 0 saturated heterocycles. The fraction of sp³-hybridized carbons (Fsp3) is 0.727. The molecule has 1 fully saturated rings. The minimum Gasteiger partial charge on any atom is -0.490 e. The molecule has 0 atom stereocenters. The quantitative estimate of drug-likeness (QED) is 0.697. The lowest BCUT2D eigenvalue weighted by Crippen LogP contribution is -2.06. The molecule has 0 aromatic carbocycles.